The van der Waals surface area contributed by atoms with Crippen LogP contribution in [0.25, 0.3) is 0 Å². The fourth-order valence-corrected chi connectivity index (χ4v) is 5.91. The largest absolute Gasteiger partial charge is 0.495 e. The van der Waals surface area contributed by atoms with Gasteiger partial charge in [0.15, 0.2) is 9.84 Å². The van der Waals surface area contributed by atoms with E-state index in [-0.39, 0.29) is 28.5 Å². The summed E-state index contributed by atoms with van der Waals surface area (Å²) in [6, 6.07) is 4.86. The first kappa shape index (κ1) is 30.0. The van der Waals surface area contributed by atoms with Gasteiger partial charge < -0.3 is 25.4 Å². The molecular formula is C27H39N3O6S. The molecule has 1 aromatic carbocycles. The van der Waals surface area contributed by atoms with E-state index in [0.717, 1.165) is 36.1 Å². The lowest BCUT2D eigenvalue weighted by molar-refractivity contribution is -0.130. The van der Waals surface area contributed by atoms with Gasteiger partial charge in [-0.15, -0.1) is 0 Å². The molecule has 1 atom stereocenters. The molecule has 0 radical (unpaired) electrons. The molecule has 0 saturated carbocycles. The zero-order chi connectivity index (χ0) is 27.6. The molecule has 10 heteroatoms. The molecule has 1 fully saturated rings. The lowest BCUT2D eigenvalue weighted by atomic mass is 10.1. The van der Waals surface area contributed by atoms with E-state index in [1.807, 2.05) is 32.9 Å². The quantitative estimate of drug-likeness (QED) is 0.258. The standard InChI is InChI=1S/C27H39N3O6S/c1-6-10-25(28-7-2)29-20(4)24(36-5)15-19(3)16-26(31)30-14-9-12-22(30)18-37(34,35)23-13-8-11-21(17-23)27(32)33/h8,10-11,13,15,17,22,28-29H,6-7,9,12,14,16,18H2,1-5H3,(H,32,33)/b19-15+,24-20-,25-10+. The normalized spacial score (nSPS) is 17.3. The summed E-state index contributed by atoms with van der Waals surface area (Å²) in [6.45, 7) is 9.07. The summed E-state index contributed by atoms with van der Waals surface area (Å²) >= 11 is 0. The number of sulfone groups is 1. The predicted octanol–water partition coefficient (Wildman–Crippen LogP) is 3.81. The Morgan fingerprint density at radius 1 is 1.24 bits per heavy atom. The fourth-order valence-electron chi connectivity index (χ4n) is 4.27. The first-order valence-electron chi connectivity index (χ1n) is 12.5. The molecule has 2 rings (SSSR count). The number of ether oxygens (including phenoxy) is 1. The van der Waals surface area contributed by atoms with E-state index in [2.05, 4.69) is 17.6 Å². The van der Waals surface area contributed by atoms with Crippen molar-refractivity contribution in [1.82, 2.24) is 15.5 Å². The molecule has 1 heterocycles. The maximum absolute atomic E-state index is 13.1. The van der Waals surface area contributed by atoms with Crippen LogP contribution in [0.5, 0.6) is 0 Å². The number of nitrogens with one attached hydrogen (secondary N) is 2. The summed E-state index contributed by atoms with van der Waals surface area (Å²) < 4.78 is 31.6. The number of likely N-dealkylation sites (tertiary alicyclic amines) is 1. The highest BCUT2D eigenvalue weighted by Gasteiger charge is 2.33. The Kier molecular flexibility index (Phi) is 11.2. The molecule has 37 heavy (non-hydrogen) atoms. The third kappa shape index (κ3) is 8.66. The number of carbonyl (C=O) groups excluding carboxylic acids is 1. The second kappa shape index (κ2) is 13.9. The van der Waals surface area contributed by atoms with Crippen LogP contribution < -0.4 is 10.6 Å². The first-order chi connectivity index (χ1) is 17.5. The molecule has 204 valence electrons. The summed E-state index contributed by atoms with van der Waals surface area (Å²) in [5, 5.41) is 15.8. The van der Waals surface area contributed by atoms with Gasteiger partial charge in [0.25, 0.3) is 0 Å². The van der Waals surface area contributed by atoms with Crippen molar-refractivity contribution in [3.05, 3.63) is 64.8 Å². The molecule has 1 unspecified atom stereocenters. The molecule has 1 aliphatic heterocycles. The van der Waals surface area contributed by atoms with Gasteiger partial charge in [-0.2, -0.15) is 0 Å². The number of hydrogen-bond acceptors (Lipinski definition) is 7. The van der Waals surface area contributed by atoms with Crippen molar-refractivity contribution >= 4 is 21.7 Å². The van der Waals surface area contributed by atoms with Crippen LogP contribution in [0.15, 0.2) is 64.2 Å². The smallest absolute Gasteiger partial charge is 0.335 e. The number of nitrogens with zero attached hydrogens (tertiary/aromatic N) is 1. The predicted molar refractivity (Wildman–Crippen MR) is 143 cm³/mol. The lowest BCUT2D eigenvalue weighted by Crippen LogP contribution is -2.39. The van der Waals surface area contributed by atoms with Crippen LogP contribution in [-0.4, -0.2) is 62.3 Å². The van der Waals surface area contributed by atoms with Gasteiger partial charge in [-0.25, -0.2) is 13.2 Å². The van der Waals surface area contributed by atoms with Crippen LogP contribution in [-0.2, 0) is 19.4 Å². The molecule has 1 aliphatic rings. The number of aromatic carboxylic acids is 1. The Hall–Kier alpha value is -3.27. The van der Waals surface area contributed by atoms with Gasteiger partial charge in [-0.05, 0) is 70.4 Å². The molecule has 0 bridgehead atoms. The second-order valence-corrected chi connectivity index (χ2v) is 11.1. The van der Waals surface area contributed by atoms with Gasteiger partial charge in [0, 0.05) is 25.6 Å². The summed E-state index contributed by atoms with van der Waals surface area (Å²) in [6.07, 6.45) is 6.15. The zero-order valence-corrected chi connectivity index (χ0v) is 23.2. The minimum Gasteiger partial charge on any atom is -0.495 e. The van der Waals surface area contributed by atoms with Crippen LogP contribution in [0.3, 0.4) is 0 Å². The molecule has 1 aromatic rings. The SMILES string of the molecule is CC/C=C(\NCC)N/C(C)=C(/C=C(\C)CC(=O)N1CCCC1CS(=O)(=O)c1cccc(C(=O)O)c1)OC. The van der Waals surface area contributed by atoms with Crippen molar-refractivity contribution < 1.29 is 27.9 Å². The van der Waals surface area contributed by atoms with E-state index in [1.165, 1.54) is 18.2 Å². The average molecular weight is 534 g/mol. The summed E-state index contributed by atoms with van der Waals surface area (Å²) in [7, 11) is -2.20. The summed E-state index contributed by atoms with van der Waals surface area (Å²) in [5.41, 5.74) is 1.49. The number of hydrogen-bond donors (Lipinski definition) is 3. The fraction of sp³-hybridized carbons (Fsp3) is 0.481. The van der Waals surface area contributed by atoms with Crippen LogP contribution >= 0.6 is 0 Å². The third-order valence-electron chi connectivity index (χ3n) is 6.04. The van der Waals surface area contributed by atoms with Crippen molar-refractivity contribution in [3.63, 3.8) is 0 Å². The van der Waals surface area contributed by atoms with E-state index in [0.29, 0.717) is 25.1 Å². The average Bonchev–Trinajstić information content (AvgIpc) is 3.30. The zero-order valence-electron chi connectivity index (χ0n) is 22.3. The Bertz CT molecular complexity index is 1170. The molecule has 1 amide bonds. The van der Waals surface area contributed by atoms with Gasteiger partial charge in [0.2, 0.25) is 5.91 Å². The maximum Gasteiger partial charge on any atom is 0.335 e. The first-order valence-corrected chi connectivity index (χ1v) is 14.2. The van der Waals surface area contributed by atoms with Crippen molar-refractivity contribution in [1.29, 1.82) is 0 Å². The number of benzene rings is 1. The van der Waals surface area contributed by atoms with Crippen LogP contribution in [0.2, 0.25) is 0 Å². The van der Waals surface area contributed by atoms with Crippen LogP contribution in [0, 0.1) is 0 Å². The van der Waals surface area contributed by atoms with Crippen molar-refractivity contribution in [3.8, 4) is 0 Å². The number of methoxy groups -OCH3 is 1. The molecule has 0 aromatic heterocycles. The van der Waals surface area contributed by atoms with E-state index < -0.39 is 21.8 Å². The monoisotopic (exact) mass is 533 g/mol. The number of allylic oxidation sites excluding steroid dienone is 3. The second-order valence-electron chi connectivity index (χ2n) is 9.04. The van der Waals surface area contributed by atoms with Gasteiger partial charge in [0.1, 0.15) is 5.76 Å². The summed E-state index contributed by atoms with van der Waals surface area (Å²) in [5.74, 6) is -0.0937. The number of rotatable bonds is 13. The lowest BCUT2D eigenvalue weighted by Gasteiger charge is -2.25. The third-order valence-corrected chi connectivity index (χ3v) is 7.84. The number of carbonyl (C=O) groups is 2. The van der Waals surface area contributed by atoms with Crippen LogP contribution in [0.4, 0.5) is 0 Å². The Labute approximate surface area is 220 Å². The molecule has 0 spiro atoms. The van der Waals surface area contributed by atoms with E-state index >= 15 is 0 Å². The number of carboxylic acids is 1. The molecular weight excluding hydrogens is 494 g/mol. The number of carboxylic acid groups (broad SMARTS) is 1. The van der Waals surface area contributed by atoms with Gasteiger partial charge >= 0.3 is 5.97 Å². The Balaban J connectivity index is 2.14. The van der Waals surface area contributed by atoms with Crippen molar-refractivity contribution in [2.75, 3.05) is 26.0 Å². The minimum absolute atomic E-state index is 0.0466. The summed E-state index contributed by atoms with van der Waals surface area (Å²) in [4.78, 5) is 26.0. The van der Waals surface area contributed by atoms with Crippen molar-refractivity contribution in [2.24, 2.45) is 0 Å². The van der Waals surface area contributed by atoms with Crippen molar-refractivity contribution in [2.45, 2.75) is 64.3 Å². The Morgan fingerprint density at radius 2 is 1.97 bits per heavy atom. The minimum atomic E-state index is -3.77. The van der Waals surface area contributed by atoms with E-state index in [4.69, 9.17) is 4.74 Å². The number of amides is 1. The molecule has 0 aliphatic carbocycles. The topological polar surface area (TPSA) is 125 Å². The van der Waals surface area contributed by atoms with Gasteiger partial charge in [0.05, 0.1) is 34.8 Å². The molecule has 1 saturated heterocycles. The highest BCUT2D eigenvalue weighted by molar-refractivity contribution is 7.91. The molecule has 9 nitrogen and oxygen atoms in total. The van der Waals surface area contributed by atoms with Gasteiger partial charge in [-0.3, -0.25) is 4.79 Å². The van der Waals surface area contributed by atoms with Crippen LogP contribution in [0.1, 0.15) is 63.7 Å². The van der Waals surface area contributed by atoms with Gasteiger partial charge in [-0.1, -0.05) is 18.6 Å². The maximum atomic E-state index is 13.1. The Morgan fingerprint density at radius 3 is 2.59 bits per heavy atom. The molecule has 3 N–H and O–H groups in total. The van der Waals surface area contributed by atoms with E-state index in [1.54, 1.807) is 12.0 Å². The highest BCUT2D eigenvalue weighted by Crippen LogP contribution is 2.24. The highest BCUT2D eigenvalue weighted by atomic mass is 32.2. The van der Waals surface area contributed by atoms with E-state index in [9.17, 15) is 23.1 Å².